The van der Waals surface area contributed by atoms with Crippen molar-refractivity contribution in [3.63, 3.8) is 0 Å². The first kappa shape index (κ1) is 15.1. The van der Waals surface area contributed by atoms with Gasteiger partial charge in [0.15, 0.2) is 0 Å². The van der Waals surface area contributed by atoms with Crippen molar-refractivity contribution in [2.45, 2.75) is 25.9 Å². The van der Waals surface area contributed by atoms with Gasteiger partial charge in [0.2, 0.25) is 0 Å². The maximum atomic E-state index is 5.94. The molecule has 3 aromatic rings. The zero-order valence-electron chi connectivity index (χ0n) is 13.1. The summed E-state index contributed by atoms with van der Waals surface area (Å²) in [6.07, 6.45) is -0.0650. The van der Waals surface area contributed by atoms with Crippen molar-refractivity contribution in [1.29, 1.82) is 0 Å². The molecule has 2 nitrogen and oxygen atoms in total. The highest BCUT2D eigenvalue weighted by atomic mass is 32.1. The largest absolute Gasteiger partial charge is 0.466 e. The summed E-state index contributed by atoms with van der Waals surface area (Å²) < 4.78 is 11.8. The summed E-state index contributed by atoms with van der Waals surface area (Å²) in [5, 5.41) is 0. The van der Waals surface area contributed by atoms with E-state index in [1.54, 1.807) is 18.4 Å². The van der Waals surface area contributed by atoms with Gasteiger partial charge in [-0.3, -0.25) is 0 Å². The van der Waals surface area contributed by atoms with Crippen molar-refractivity contribution in [1.82, 2.24) is 0 Å². The van der Waals surface area contributed by atoms with Gasteiger partial charge in [0.25, 0.3) is 0 Å². The van der Waals surface area contributed by atoms with E-state index in [1.165, 1.54) is 9.75 Å². The summed E-state index contributed by atoms with van der Waals surface area (Å²) in [7, 11) is 1.76. The molecule has 0 fully saturated rings. The minimum absolute atomic E-state index is 0.0650. The molecule has 1 aromatic carbocycles. The van der Waals surface area contributed by atoms with E-state index in [0.717, 1.165) is 17.1 Å². The van der Waals surface area contributed by atoms with Crippen molar-refractivity contribution >= 4 is 11.3 Å². The molecule has 0 saturated carbocycles. The SMILES string of the molecule is COC(c1ccccc1)C(c1ccc(C)o1)c1ccc(C)s1. The van der Waals surface area contributed by atoms with Crippen molar-refractivity contribution in [3.05, 3.63) is 81.4 Å². The van der Waals surface area contributed by atoms with Crippen LogP contribution in [0.2, 0.25) is 0 Å². The highest BCUT2D eigenvalue weighted by Gasteiger charge is 2.30. The van der Waals surface area contributed by atoms with Crippen LogP contribution in [0.1, 0.15) is 38.9 Å². The zero-order chi connectivity index (χ0) is 15.5. The van der Waals surface area contributed by atoms with Crippen LogP contribution in [0.3, 0.4) is 0 Å². The van der Waals surface area contributed by atoms with Gasteiger partial charge in [0.05, 0.1) is 12.0 Å². The van der Waals surface area contributed by atoms with Crippen LogP contribution >= 0.6 is 11.3 Å². The maximum absolute atomic E-state index is 5.94. The van der Waals surface area contributed by atoms with Crippen LogP contribution in [0.25, 0.3) is 0 Å². The summed E-state index contributed by atoms with van der Waals surface area (Å²) in [6.45, 7) is 4.10. The Balaban J connectivity index is 2.08. The molecule has 3 rings (SSSR count). The fraction of sp³-hybridized carbons (Fsp3) is 0.263. The van der Waals surface area contributed by atoms with Gasteiger partial charge in [-0.15, -0.1) is 11.3 Å². The fourth-order valence-corrected chi connectivity index (χ4v) is 3.80. The van der Waals surface area contributed by atoms with Gasteiger partial charge in [-0.1, -0.05) is 30.3 Å². The third-order valence-corrected chi connectivity index (χ3v) is 4.90. The molecule has 2 heterocycles. The van der Waals surface area contributed by atoms with Crippen LogP contribution in [0.4, 0.5) is 0 Å². The van der Waals surface area contributed by atoms with Gasteiger partial charge >= 0.3 is 0 Å². The van der Waals surface area contributed by atoms with Crippen molar-refractivity contribution in [3.8, 4) is 0 Å². The van der Waals surface area contributed by atoms with E-state index < -0.39 is 0 Å². The minimum atomic E-state index is -0.0650. The van der Waals surface area contributed by atoms with Crippen LogP contribution < -0.4 is 0 Å². The van der Waals surface area contributed by atoms with Crippen LogP contribution in [0.5, 0.6) is 0 Å². The van der Waals surface area contributed by atoms with Gasteiger partial charge in [0, 0.05) is 16.9 Å². The quantitative estimate of drug-likeness (QED) is 0.622. The number of hydrogen-bond donors (Lipinski definition) is 0. The van der Waals surface area contributed by atoms with E-state index >= 15 is 0 Å². The molecule has 2 atom stereocenters. The molecule has 22 heavy (non-hydrogen) atoms. The average Bonchev–Trinajstić information content (AvgIpc) is 3.14. The lowest BCUT2D eigenvalue weighted by Gasteiger charge is -2.24. The summed E-state index contributed by atoms with van der Waals surface area (Å²) in [4.78, 5) is 2.56. The van der Waals surface area contributed by atoms with Gasteiger partial charge in [-0.25, -0.2) is 0 Å². The number of ether oxygens (including phenoxy) is 1. The number of furan rings is 1. The monoisotopic (exact) mass is 312 g/mol. The number of hydrogen-bond acceptors (Lipinski definition) is 3. The Morgan fingerprint density at radius 2 is 1.73 bits per heavy atom. The lowest BCUT2D eigenvalue weighted by Crippen LogP contribution is -2.13. The molecule has 0 bridgehead atoms. The Labute approximate surface area is 135 Å². The molecule has 0 radical (unpaired) electrons. The van der Waals surface area contributed by atoms with Gasteiger partial charge in [-0.05, 0) is 43.7 Å². The zero-order valence-corrected chi connectivity index (χ0v) is 13.9. The summed E-state index contributed by atoms with van der Waals surface area (Å²) in [6, 6.07) is 18.7. The lowest BCUT2D eigenvalue weighted by atomic mass is 9.92. The highest BCUT2D eigenvalue weighted by Crippen LogP contribution is 2.42. The van der Waals surface area contributed by atoms with Crippen LogP contribution in [0.15, 0.2) is 59.0 Å². The Hall–Kier alpha value is -1.84. The number of aryl methyl sites for hydroxylation is 2. The van der Waals surface area contributed by atoms with E-state index in [4.69, 9.17) is 9.15 Å². The molecule has 0 amide bonds. The molecule has 0 aliphatic carbocycles. The minimum Gasteiger partial charge on any atom is -0.466 e. The predicted octanol–water partition coefficient (Wildman–Crippen LogP) is 5.48. The first-order chi connectivity index (χ1) is 10.7. The summed E-state index contributed by atoms with van der Waals surface area (Å²) in [5.74, 6) is 1.95. The molecular weight excluding hydrogens is 292 g/mol. The van der Waals surface area contributed by atoms with Gasteiger partial charge in [-0.2, -0.15) is 0 Å². The number of benzene rings is 1. The summed E-state index contributed by atoms with van der Waals surface area (Å²) in [5.41, 5.74) is 1.16. The molecular formula is C19H20O2S. The second kappa shape index (κ2) is 6.51. The van der Waals surface area contributed by atoms with E-state index in [0.29, 0.717) is 0 Å². The van der Waals surface area contributed by atoms with Crippen molar-refractivity contribution < 1.29 is 9.15 Å². The van der Waals surface area contributed by atoms with Crippen LogP contribution in [0, 0.1) is 13.8 Å². The molecule has 0 saturated heterocycles. The Morgan fingerprint density at radius 3 is 2.27 bits per heavy atom. The smallest absolute Gasteiger partial charge is 0.115 e. The average molecular weight is 312 g/mol. The number of methoxy groups -OCH3 is 1. The third-order valence-electron chi connectivity index (χ3n) is 3.82. The Morgan fingerprint density at radius 1 is 0.955 bits per heavy atom. The number of rotatable bonds is 5. The van der Waals surface area contributed by atoms with E-state index in [-0.39, 0.29) is 12.0 Å². The molecule has 0 N–H and O–H groups in total. The summed E-state index contributed by atoms with van der Waals surface area (Å²) >= 11 is 1.80. The lowest BCUT2D eigenvalue weighted by molar-refractivity contribution is 0.0839. The third kappa shape index (κ3) is 3.01. The molecule has 0 aliphatic heterocycles. The fourth-order valence-electron chi connectivity index (χ4n) is 2.79. The van der Waals surface area contributed by atoms with E-state index in [1.807, 2.05) is 31.2 Å². The van der Waals surface area contributed by atoms with Gasteiger partial charge < -0.3 is 9.15 Å². The maximum Gasteiger partial charge on any atom is 0.115 e. The molecule has 0 spiro atoms. The molecule has 2 aromatic heterocycles. The second-order valence-electron chi connectivity index (χ2n) is 5.44. The normalized spacial score (nSPS) is 14.0. The topological polar surface area (TPSA) is 22.4 Å². The number of thiophene rings is 1. The Kier molecular flexibility index (Phi) is 4.46. The first-order valence-electron chi connectivity index (χ1n) is 7.39. The first-order valence-corrected chi connectivity index (χ1v) is 8.21. The molecule has 114 valence electrons. The standard InChI is InChI=1S/C19H20O2S/c1-13-9-11-16(21-13)18(17-12-10-14(2)22-17)19(20-3)15-7-5-4-6-8-15/h4-12,18-19H,1-3H3. The highest BCUT2D eigenvalue weighted by molar-refractivity contribution is 7.12. The van der Waals surface area contributed by atoms with Crippen molar-refractivity contribution in [2.24, 2.45) is 0 Å². The second-order valence-corrected chi connectivity index (χ2v) is 6.76. The van der Waals surface area contributed by atoms with Crippen LogP contribution in [-0.2, 0) is 4.74 Å². The Bertz CT molecular complexity index is 686. The van der Waals surface area contributed by atoms with Crippen LogP contribution in [-0.4, -0.2) is 7.11 Å². The van der Waals surface area contributed by atoms with Gasteiger partial charge in [0.1, 0.15) is 11.5 Å². The van der Waals surface area contributed by atoms with Crippen molar-refractivity contribution in [2.75, 3.05) is 7.11 Å². The predicted molar refractivity (Wildman–Crippen MR) is 90.5 cm³/mol. The van der Waals surface area contributed by atoms with E-state index in [2.05, 4.69) is 37.3 Å². The van der Waals surface area contributed by atoms with E-state index in [9.17, 15) is 0 Å². The molecule has 0 aliphatic rings. The molecule has 3 heteroatoms. The molecule has 2 unspecified atom stereocenters.